The van der Waals surface area contributed by atoms with Crippen LogP contribution in [0.2, 0.25) is 0 Å². The minimum atomic E-state index is -0.950. The van der Waals surface area contributed by atoms with Gasteiger partial charge in [-0.15, -0.1) is 0 Å². The van der Waals surface area contributed by atoms with Crippen LogP contribution < -0.4 is 16.4 Å². The number of carbonyl (C=O) groups excluding carboxylic acids is 2. The third-order valence-corrected chi connectivity index (χ3v) is 2.25. The summed E-state index contributed by atoms with van der Waals surface area (Å²) in [6, 6.07) is -0.219. The van der Waals surface area contributed by atoms with E-state index in [-0.39, 0.29) is 11.8 Å². The van der Waals surface area contributed by atoms with Gasteiger partial charge in [0.15, 0.2) is 0 Å². The Kier molecular flexibility index (Phi) is 3.34. The third kappa shape index (κ3) is 3.87. The summed E-state index contributed by atoms with van der Waals surface area (Å²) in [6.45, 7) is 4.86. The molecule has 0 aromatic heterocycles. The van der Waals surface area contributed by atoms with E-state index in [2.05, 4.69) is 10.6 Å². The Morgan fingerprint density at radius 1 is 1.40 bits per heavy atom. The van der Waals surface area contributed by atoms with E-state index in [1.165, 1.54) is 0 Å². The molecule has 0 aliphatic heterocycles. The Labute approximate surface area is 89.8 Å². The zero-order valence-electron chi connectivity index (χ0n) is 9.46. The summed E-state index contributed by atoms with van der Waals surface area (Å²) in [5.41, 5.74) is 4.65. The molecule has 1 aliphatic carbocycles. The lowest BCUT2D eigenvalue weighted by Gasteiger charge is -2.21. The van der Waals surface area contributed by atoms with Crippen molar-refractivity contribution in [1.29, 1.82) is 0 Å². The van der Waals surface area contributed by atoms with Crippen LogP contribution in [0, 0.1) is 0 Å². The van der Waals surface area contributed by atoms with Gasteiger partial charge in [-0.25, -0.2) is 0 Å². The van der Waals surface area contributed by atoms with E-state index < -0.39 is 11.6 Å². The van der Waals surface area contributed by atoms with Gasteiger partial charge in [-0.1, -0.05) is 0 Å². The summed E-state index contributed by atoms with van der Waals surface area (Å²) in [5, 5.41) is 5.39. The fraction of sp³-hybridized carbons (Fsp3) is 0.800. The molecular weight excluding hydrogens is 194 g/mol. The van der Waals surface area contributed by atoms with Crippen LogP contribution in [-0.4, -0.2) is 29.4 Å². The first-order valence-electron chi connectivity index (χ1n) is 5.21. The SMILES string of the molecule is CC(NC(=O)C(C)(C)N)C(=O)NC1CC1. The second kappa shape index (κ2) is 4.18. The van der Waals surface area contributed by atoms with Gasteiger partial charge < -0.3 is 16.4 Å². The van der Waals surface area contributed by atoms with E-state index in [4.69, 9.17) is 5.73 Å². The Balaban J connectivity index is 2.36. The fourth-order valence-corrected chi connectivity index (χ4v) is 1.00. The van der Waals surface area contributed by atoms with Crippen LogP contribution in [0.25, 0.3) is 0 Å². The molecule has 2 amide bonds. The maximum Gasteiger partial charge on any atom is 0.242 e. The van der Waals surface area contributed by atoms with Crippen LogP contribution in [0.4, 0.5) is 0 Å². The van der Waals surface area contributed by atoms with Gasteiger partial charge in [0.05, 0.1) is 5.54 Å². The average molecular weight is 213 g/mol. The molecule has 4 N–H and O–H groups in total. The summed E-state index contributed by atoms with van der Waals surface area (Å²) in [7, 11) is 0. The van der Waals surface area contributed by atoms with Crippen molar-refractivity contribution in [2.75, 3.05) is 0 Å². The summed E-state index contributed by atoms with van der Waals surface area (Å²) in [5.74, 6) is -0.462. The topological polar surface area (TPSA) is 84.2 Å². The van der Waals surface area contributed by atoms with E-state index in [0.717, 1.165) is 12.8 Å². The quantitative estimate of drug-likeness (QED) is 0.589. The predicted octanol–water partition coefficient (Wildman–Crippen LogP) is -0.493. The zero-order valence-corrected chi connectivity index (χ0v) is 9.46. The number of amides is 2. The standard InChI is InChI=1S/C10H19N3O2/c1-6(8(14)13-7-4-5-7)12-9(15)10(2,3)11/h6-7H,4-5,11H2,1-3H3,(H,12,15)(H,13,14). The van der Waals surface area contributed by atoms with Gasteiger partial charge in [0.2, 0.25) is 11.8 Å². The van der Waals surface area contributed by atoms with Crippen LogP contribution in [-0.2, 0) is 9.59 Å². The van der Waals surface area contributed by atoms with E-state index in [0.29, 0.717) is 6.04 Å². The molecule has 1 aliphatic rings. The number of hydrogen-bond donors (Lipinski definition) is 3. The first-order valence-corrected chi connectivity index (χ1v) is 5.21. The number of rotatable bonds is 4. The van der Waals surface area contributed by atoms with Crippen LogP contribution in [0.1, 0.15) is 33.6 Å². The van der Waals surface area contributed by atoms with E-state index in [9.17, 15) is 9.59 Å². The molecule has 0 aromatic carbocycles. The first-order chi connectivity index (χ1) is 6.80. The number of nitrogens with one attached hydrogen (secondary N) is 2. The monoisotopic (exact) mass is 213 g/mol. The average Bonchev–Trinajstić information content (AvgIpc) is 2.86. The van der Waals surface area contributed by atoms with Gasteiger partial charge >= 0.3 is 0 Å². The van der Waals surface area contributed by atoms with Crippen LogP contribution in [0.5, 0.6) is 0 Å². The Bertz CT molecular complexity index is 266. The fourth-order valence-electron chi connectivity index (χ4n) is 1.00. The number of nitrogens with two attached hydrogens (primary N) is 1. The lowest BCUT2D eigenvalue weighted by molar-refractivity contribution is -0.130. The maximum atomic E-state index is 11.5. The second-order valence-corrected chi connectivity index (χ2v) is 4.70. The van der Waals surface area contributed by atoms with Crippen LogP contribution in [0.3, 0.4) is 0 Å². The maximum absolute atomic E-state index is 11.5. The lowest BCUT2D eigenvalue weighted by atomic mass is 10.1. The summed E-state index contributed by atoms with van der Waals surface area (Å²) in [4.78, 5) is 23.0. The zero-order chi connectivity index (χ0) is 11.6. The van der Waals surface area contributed by atoms with Gasteiger partial charge in [-0.3, -0.25) is 9.59 Å². The molecule has 0 aromatic rings. The normalized spacial score (nSPS) is 18.1. The predicted molar refractivity (Wildman–Crippen MR) is 57.0 cm³/mol. The Morgan fingerprint density at radius 3 is 2.33 bits per heavy atom. The summed E-state index contributed by atoms with van der Waals surface area (Å²) in [6.07, 6.45) is 2.07. The molecule has 1 saturated carbocycles. The molecular formula is C10H19N3O2. The molecule has 5 heteroatoms. The van der Waals surface area contributed by atoms with Gasteiger partial charge in [0.25, 0.3) is 0 Å². The van der Waals surface area contributed by atoms with Gasteiger partial charge in [0, 0.05) is 6.04 Å². The third-order valence-electron chi connectivity index (χ3n) is 2.25. The second-order valence-electron chi connectivity index (χ2n) is 4.70. The molecule has 86 valence electrons. The van der Waals surface area contributed by atoms with Crippen molar-refractivity contribution in [2.45, 2.75) is 51.2 Å². The van der Waals surface area contributed by atoms with Crippen molar-refractivity contribution in [3.8, 4) is 0 Å². The lowest BCUT2D eigenvalue weighted by Crippen LogP contribution is -2.55. The smallest absolute Gasteiger partial charge is 0.242 e. The van der Waals surface area contributed by atoms with E-state index >= 15 is 0 Å². The van der Waals surface area contributed by atoms with E-state index in [1.807, 2.05) is 0 Å². The van der Waals surface area contributed by atoms with Gasteiger partial charge in [0.1, 0.15) is 6.04 Å². The molecule has 1 rings (SSSR count). The first kappa shape index (κ1) is 12.0. The molecule has 15 heavy (non-hydrogen) atoms. The molecule has 0 saturated heterocycles. The van der Waals surface area contributed by atoms with Gasteiger partial charge in [-0.2, -0.15) is 0 Å². The largest absolute Gasteiger partial charge is 0.352 e. The van der Waals surface area contributed by atoms with Crippen LogP contribution in [0.15, 0.2) is 0 Å². The molecule has 5 nitrogen and oxygen atoms in total. The van der Waals surface area contributed by atoms with Crippen molar-refractivity contribution in [3.63, 3.8) is 0 Å². The van der Waals surface area contributed by atoms with Gasteiger partial charge in [-0.05, 0) is 33.6 Å². The highest BCUT2D eigenvalue weighted by Gasteiger charge is 2.28. The van der Waals surface area contributed by atoms with Crippen molar-refractivity contribution in [1.82, 2.24) is 10.6 Å². The summed E-state index contributed by atoms with van der Waals surface area (Å²) < 4.78 is 0. The minimum absolute atomic E-state index is 0.143. The summed E-state index contributed by atoms with van der Waals surface area (Å²) >= 11 is 0. The number of hydrogen-bond acceptors (Lipinski definition) is 3. The van der Waals surface area contributed by atoms with Crippen molar-refractivity contribution in [2.24, 2.45) is 5.73 Å². The van der Waals surface area contributed by atoms with Crippen molar-refractivity contribution in [3.05, 3.63) is 0 Å². The van der Waals surface area contributed by atoms with Crippen molar-refractivity contribution >= 4 is 11.8 Å². The Hall–Kier alpha value is -1.10. The molecule has 0 bridgehead atoms. The highest BCUT2D eigenvalue weighted by Crippen LogP contribution is 2.18. The number of carbonyl (C=O) groups is 2. The molecule has 1 unspecified atom stereocenters. The molecule has 0 radical (unpaired) electrons. The molecule has 0 heterocycles. The molecule has 1 fully saturated rings. The highest BCUT2D eigenvalue weighted by atomic mass is 16.2. The van der Waals surface area contributed by atoms with Crippen molar-refractivity contribution < 1.29 is 9.59 Å². The molecule has 0 spiro atoms. The van der Waals surface area contributed by atoms with Crippen LogP contribution >= 0.6 is 0 Å². The molecule has 1 atom stereocenters. The minimum Gasteiger partial charge on any atom is -0.352 e. The Morgan fingerprint density at radius 2 is 1.93 bits per heavy atom. The van der Waals surface area contributed by atoms with E-state index in [1.54, 1.807) is 20.8 Å². The highest BCUT2D eigenvalue weighted by molar-refractivity contribution is 5.91.